The zero-order valence-corrected chi connectivity index (χ0v) is 13.4. The molecule has 1 atom stereocenters. The van der Waals surface area contributed by atoms with E-state index in [9.17, 15) is 0 Å². The molecule has 0 saturated carbocycles. The second kappa shape index (κ2) is 14.3. The third-order valence-corrected chi connectivity index (χ3v) is 3.32. The van der Waals surface area contributed by atoms with Gasteiger partial charge < -0.3 is 14.8 Å². The number of morpholine rings is 1. The summed E-state index contributed by atoms with van der Waals surface area (Å²) in [7, 11) is 1.73. The van der Waals surface area contributed by atoms with E-state index in [4.69, 9.17) is 9.47 Å². The molecule has 1 heterocycles. The van der Waals surface area contributed by atoms with Crippen LogP contribution >= 0.6 is 0 Å². The summed E-state index contributed by atoms with van der Waals surface area (Å²) in [6.07, 6.45) is 2.40. The van der Waals surface area contributed by atoms with Crippen LogP contribution in [0.2, 0.25) is 0 Å². The summed E-state index contributed by atoms with van der Waals surface area (Å²) in [4.78, 5) is 2.50. The molecule has 19 heavy (non-hydrogen) atoms. The van der Waals surface area contributed by atoms with Crippen LogP contribution in [0.4, 0.5) is 0 Å². The van der Waals surface area contributed by atoms with Crippen LogP contribution in [0.15, 0.2) is 0 Å². The molecule has 0 aromatic carbocycles. The van der Waals surface area contributed by atoms with Gasteiger partial charge in [-0.3, -0.25) is 4.90 Å². The van der Waals surface area contributed by atoms with Crippen molar-refractivity contribution >= 4 is 0 Å². The number of rotatable bonds is 8. The van der Waals surface area contributed by atoms with Crippen LogP contribution < -0.4 is 5.32 Å². The first kappa shape index (κ1) is 18.8. The van der Waals surface area contributed by atoms with Crippen molar-refractivity contribution in [3.63, 3.8) is 0 Å². The van der Waals surface area contributed by atoms with Crippen molar-refractivity contribution in [3.05, 3.63) is 0 Å². The maximum Gasteiger partial charge on any atom is 0.0594 e. The summed E-state index contributed by atoms with van der Waals surface area (Å²) in [5.41, 5.74) is 0. The Morgan fingerprint density at radius 2 is 2.00 bits per heavy atom. The van der Waals surface area contributed by atoms with Gasteiger partial charge in [-0.2, -0.15) is 0 Å². The molecule has 0 radical (unpaired) electrons. The molecule has 1 fully saturated rings. The first-order chi connectivity index (χ1) is 9.24. The lowest BCUT2D eigenvalue weighted by Crippen LogP contribution is -2.38. The Bertz CT molecular complexity index is 173. The van der Waals surface area contributed by atoms with E-state index in [2.05, 4.69) is 31.0 Å². The van der Waals surface area contributed by atoms with Gasteiger partial charge >= 0.3 is 0 Å². The highest BCUT2D eigenvalue weighted by atomic mass is 16.5. The predicted octanol–water partition coefficient (Wildman–Crippen LogP) is 2.24. The first-order valence-electron chi connectivity index (χ1n) is 7.74. The third-order valence-electron chi connectivity index (χ3n) is 3.32. The molecule has 0 spiro atoms. The van der Waals surface area contributed by atoms with Crippen LogP contribution in [0.3, 0.4) is 0 Å². The molecule has 4 heteroatoms. The average molecular weight is 276 g/mol. The Kier molecular flexibility index (Phi) is 14.1. The van der Waals surface area contributed by atoms with Crippen LogP contribution in [0.5, 0.6) is 0 Å². The number of ether oxygens (including phenoxy) is 2. The fraction of sp³-hybridized carbons (Fsp3) is 1.00. The van der Waals surface area contributed by atoms with E-state index in [1.807, 2.05) is 0 Å². The smallest absolute Gasteiger partial charge is 0.0594 e. The minimum atomic E-state index is 0. The minimum Gasteiger partial charge on any atom is -0.385 e. The normalized spacial score (nSPS) is 17.7. The van der Waals surface area contributed by atoms with Gasteiger partial charge in [-0.15, -0.1) is 0 Å². The number of hydrogen-bond donors (Lipinski definition) is 1. The molecule has 0 bridgehead atoms. The third kappa shape index (κ3) is 12.6. The van der Waals surface area contributed by atoms with Crippen molar-refractivity contribution in [1.29, 1.82) is 0 Å². The topological polar surface area (TPSA) is 33.7 Å². The molecule has 0 amide bonds. The lowest BCUT2D eigenvalue weighted by molar-refractivity contribution is 0.0316. The largest absolute Gasteiger partial charge is 0.385 e. The van der Waals surface area contributed by atoms with Gasteiger partial charge in [0.2, 0.25) is 0 Å². The first-order valence-corrected chi connectivity index (χ1v) is 7.74. The van der Waals surface area contributed by atoms with E-state index in [1.54, 1.807) is 7.11 Å². The Hall–Kier alpha value is -0.160. The minimum absolute atomic E-state index is 0. The molecular weight excluding hydrogens is 240 g/mol. The molecule has 4 nitrogen and oxygen atoms in total. The second-order valence-electron chi connectivity index (χ2n) is 5.13. The zero-order valence-electron chi connectivity index (χ0n) is 13.4. The van der Waals surface area contributed by atoms with Crippen LogP contribution in [-0.4, -0.2) is 64.6 Å². The lowest BCUT2D eigenvalue weighted by Gasteiger charge is -2.28. The lowest BCUT2D eigenvalue weighted by atomic mass is 10.1. The monoisotopic (exact) mass is 276 g/mol. The van der Waals surface area contributed by atoms with Crippen molar-refractivity contribution in [2.24, 2.45) is 5.92 Å². The Labute approximate surface area is 121 Å². The molecule has 1 rings (SSSR count). The fourth-order valence-corrected chi connectivity index (χ4v) is 1.87. The van der Waals surface area contributed by atoms with Gasteiger partial charge in [-0.05, 0) is 25.4 Å². The number of methoxy groups -OCH3 is 1. The predicted molar refractivity (Wildman–Crippen MR) is 83.9 cm³/mol. The van der Waals surface area contributed by atoms with Gasteiger partial charge in [0.1, 0.15) is 0 Å². The van der Waals surface area contributed by atoms with Crippen molar-refractivity contribution in [3.8, 4) is 0 Å². The van der Waals surface area contributed by atoms with Crippen molar-refractivity contribution in [1.82, 2.24) is 10.2 Å². The van der Waals surface area contributed by atoms with Gasteiger partial charge in [0.25, 0.3) is 0 Å². The van der Waals surface area contributed by atoms with E-state index >= 15 is 0 Å². The summed E-state index contributed by atoms with van der Waals surface area (Å²) in [6.45, 7) is 15.0. The SMILES string of the molecule is CCC(C)CN1CCOCC1.CCNCCCOC.[HH]. The van der Waals surface area contributed by atoms with Crippen LogP contribution in [0.25, 0.3) is 0 Å². The van der Waals surface area contributed by atoms with E-state index in [1.165, 1.54) is 13.0 Å². The van der Waals surface area contributed by atoms with Gasteiger partial charge in [-0.25, -0.2) is 0 Å². The number of nitrogens with one attached hydrogen (secondary N) is 1. The van der Waals surface area contributed by atoms with Gasteiger partial charge in [0.15, 0.2) is 0 Å². The molecule has 1 unspecified atom stereocenters. The summed E-state index contributed by atoms with van der Waals surface area (Å²) >= 11 is 0. The van der Waals surface area contributed by atoms with Gasteiger partial charge in [0, 0.05) is 34.8 Å². The highest BCUT2D eigenvalue weighted by Gasteiger charge is 2.11. The molecule has 0 aromatic heterocycles. The highest BCUT2D eigenvalue weighted by molar-refractivity contribution is 4.64. The van der Waals surface area contributed by atoms with E-state index in [0.29, 0.717) is 0 Å². The standard InChI is InChI=1S/C9H19NO.C6H15NO.H2/c1-3-9(2)8-10-4-6-11-7-5-10;1-3-7-5-4-6-8-2;/h9H,3-8H2,1-2H3;7H,3-6H2,1-2H3;1H. The molecular formula is C15H36N2O2. The fourth-order valence-electron chi connectivity index (χ4n) is 1.87. The van der Waals surface area contributed by atoms with Crippen LogP contribution in [0, 0.1) is 5.92 Å². The van der Waals surface area contributed by atoms with Gasteiger partial charge in [0.05, 0.1) is 13.2 Å². The highest BCUT2D eigenvalue weighted by Crippen LogP contribution is 2.05. The van der Waals surface area contributed by atoms with E-state index < -0.39 is 0 Å². The van der Waals surface area contributed by atoms with E-state index in [-0.39, 0.29) is 1.43 Å². The van der Waals surface area contributed by atoms with Gasteiger partial charge in [-0.1, -0.05) is 27.2 Å². The summed E-state index contributed by atoms with van der Waals surface area (Å²) in [5, 5.41) is 3.20. The molecule has 0 aliphatic carbocycles. The molecule has 1 N–H and O–H groups in total. The number of nitrogens with zero attached hydrogens (tertiary/aromatic N) is 1. The maximum absolute atomic E-state index is 5.27. The molecule has 1 aliphatic rings. The molecule has 118 valence electrons. The summed E-state index contributed by atoms with van der Waals surface area (Å²) in [5.74, 6) is 0.841. The Balaban J connectivity index is 0. The zero-order chi connectivity index (χ0) is 14.3. The average Bonchev–Trinajstić information content (AvgIpc) is 2.45. The Morgan fingerprint density at radius 3 is 2.53 bits per heavy atom. The van der Waals surface area contributed by atoms with Crippen molar-refractivity contribution in [2.45, 2.75) is 33.6 Å². The van der Waals surface area contributed by atoms with Crippen molar-refractivity contribution in [2.75, 3.05) is 59.7 Å². The Morgan fingerprint density at radius 1 is 1.32 bits per heavy atom. The maximum atomic E-state index is 5.27. The van der Waals surface area contributed by atoms with E-state index in [0.717, 1.165) is 58.3 Å². The molecule has 1 aliphatic heterocycles. The van der Waals surface area contributed by atoms with Crippen molar-refractivity contribution < 1.29 is 10.9 Å². The summed E-state index contributed by atoms with van der Waals surface area (Å²) < 4.78 is 10.1. The number of hydrogen-bond acceptors (Lipinski definition) is 4. The van der Waals surface area contributed by atoms with Crippen LogP contribution in [0.1, 0.15) is 35.0 Å². The summed E-state index contributed by atoms with van der Waals surface area (Å²) in [6, 6.07) is 0. The second-order valence-corrected chi connectivity index (χ2v) is 5.13. The quantitative estimate of drug-likeness (QED) is 0.689. The molecule has 0 aromatic rings. The van der Waals surface area contributed by atoms with Crippen LogP contribution in [-0.2, 0) is 9.47 Å². The molecule has 1 saturated heterocycles.